The Morgan fingerprint density at radius 2 is 2.17 bits per heavy atom. The third-order valence-electron chi connectivity index (χ3n) is 2.96. The molecule has 0 spiro atoms. The summed E-state index contributed by atoms with van der Waals surface area (Å²) in [5.74, 6) is 0. The number of β-amino-alcohol motifs (C(OH)–C–C–N with tert-alkyl or cyclic N) is 1. The molecule has 0 saturated carbocycles. The van der Waals surface area contributed by atoms with Gasteiger partial charge >= 0.3 is 6.09 Å². The monoisotopic (exact) mass is 361 g/mol. The van der Waals surface area contributed by atoms with Crippen LogP contribution in [-0.2, 0) is 11.3 Å². The van der Waals surface area contributed by atoms with Crippen molar-refractivity contribution in [2.75, 3.05) is 13.1 Å². The van der Waals surface area contributed by atoms with Gasteiger partial charge in [0, 0.05) is 10.5 Å². The number of benzene rings is 1. The normalized spacial score (nSPS) is 23.8. The van der Waals surface area contributed by atoms with Gasteiger partial charge in [-0.1, -0.05) is 52.9 Å². The third-order valence-corrected chi connectivity index (χ3v) is 4.42. The predicted octanol–water partition coefficient (Wildman–Crippen LogP) is 2.19. The number of rotatable bonds is 2. The van der Waals surface area contributed by atoms with Crippen LogP contribution in [0, 0.1) is 0 Å². The van der Waals surface area contributed by atoms with Gasteiger partial charge in [-0.2, -0.15) is 0 Å². The van der Waals surface area contributed by atoms with Gasteiger partial charge in [-0.25, -0.2) is 4.79 Å². The lowest BCUT2D eigenvalue weighted by molar-refractivity contribution is 0.0515. The Hall–Kier alpha value is -0.820. The molecule has 1 aromatic rings. The number of piperidine rings is 1. The average Bonchev–Trinajstić information content (AvgIpc) is 2.40. The zero-order valence-corrected chi connectivity index (χ0v) is 12.1. The molecular formula is C13H16INO3. The Morgan fingerprint density at radius 1 is 1.44 bits per heavy atom. The van der Waals surface area contributed by atoms with E-state index in [1.54, 1.807) is 4.90 Å². The summed E-state index contributed by atoms with van der Waals surface area (Å²) in [5.41, 5.74) is 0.968. The van der Waals surface area contributed by atoms with Crippen LogP contribution in [0.4, 0.5) is 4.79 Å². The number of halogens is 1. The number of aliphatic hydroxyl groups is 1. The van der Waals surface area contributed by atoms with Crippen molar-refractivity contribution >= 4 is 28.7 Å². The number of alkyl halides is 1. The van der Waals surface area contributed by atoms with Crippen LogP contribution >= 0.6 is 22.6 Å². The van der Waals surface area contributed by atoms with Crippen molar-refractivity contribution in [2.24, 2.45) is 0 Å². The van der Waals surface area contributed by atoms with E-state index in [4.69, 9.17) is 4.74 Å². The summed E-state index contributed by atoms with van der Waals surface area (Å²) in [5, 5.41) is 9.73. The quantitative estimate of drug-likeness (QED) is 0.649. The van der Waals surface area contributed by atoms with Gasteiger partial charge in [0.1, 0.15) is 6.61 Å². The highest BCUT2D eigenvalue weighted by atomic mass is 127. The summed E-state index contributed by atoms with van der Waals surface area (Å²) in [6, 6.07) is 9.58. The van der Waals surface area contributed by atoms with Crippen LogP contribution in [0.25, 0.3) is 0 Å². The molecule has 1 saturated heterocycles. The van der Waals surface area contributed by atoms with Gasteiger partial charge in [0.2, 0.25) is 0 Å². The van der Waals surface area contributed by atoms with E-state index in [0.717, 1.165) is 12.0 Å². The summed E-state index contributed by atoms with van der Waals surface area (Å²) in [6.07, 6.45) is 0.00662. The van der Waals surface area contributed by atoms with Crippen LogP contribution in [0.2, 0.25) is 0 Å². The average molecular weight is 361 g/mol. The van der Waals surface area contributed by atoms with Crippen molar-refractivity contribution in [2.45, 2.75) is 23.1 Å². The first kappa shape index (κ1) is 13.6. The molecule has 1 amide bonds. The van der Waals surface area contributed by atoms with Gasteiger partial charge in [-0.15, -0.1) is 0 Å². The van der Waals surface area contributed by atoms with Crippen LogP contribution in [0.5, 0.6) is 0 Å². The highest BCUT2D eigenvalue weighted by Gasteiger charge is 2.29. The van der Waals surface area contributed by atoms with E-state index in [1.807, 2.05) is 30.3 Å². The van der Waals surface area contributed by atoms with Gasteiger partial charge in [0.15, 0.2) is 0 Å². The minimum Gasteiger partial charge on any atom is -0.445 e. The molecule has 1 aliphatic heterocycles. The SMILES string of the molecule is O=C(OCc1ccccc1)N1CC[C@H](I)[C@@H](O)C1. The van der Waals surface area contributed by atoms with E-state index in [1.165, 1.54) is 0 Å². The summed E-state index contributed by atoms with van der Waals surface area (Å²) in [7, 11) is 0. The molecule has 1 aromatic carbocycles. The first-order valence-electron chi connectivity index (χ1n) is 5.94. The lowest BCUT2D eigenvalue weighted by atomic mass is 10.1. The summed E-state index contributed by atoms with van der Waals surface area (Å²) >= 11 is 2.22. The Bertz CT molecular complexity index is 398. The van der Waals surface area contributed by atoms with Gasteiger partial charge < -0.3 is 14.7 Å². The standard InChI is InChI=1S/C13H16INO3/c14-11-6-7-15(8-12(11)16)13(17)18-9-10-4-2-1-3-5-10/h1-5,11-12,16H,6-9H2/t11-,12-/m0/s1. The maximum Gasteiger partial charge on any atom is 0.410 e. The Balaban J connectivity index is 1.82. The van der Waals surface area contributed by atoms with Crippen molar-refractivity contribution in [1.29, 1.82) is 0 Å². The van der Waals surface area contributed by atoms with Crippen LogP contribution in [-0.4, -0.2) is 39.2 Å². The number of amides is 1. The zero-order chi connectivity index (χ0) is 13.0. The summed E-state index contributed by atoms with van der Waals surface area (Å²) in [4.78, 5) is 13.4. The number of carbonyl (C=O) groups is 1. The van der Waals surface area contributed by atoms with E-state index in [2.05, 4.69) is 22.6 Å². The van der Waals surface area contributed by atoms with Crippen LogP contribution in [0.3, 0.4) is 0 Å². The number of ether oxygens (including phenoxy) is 1. The molecule has 1 aliphatic rings. The molecule has 18 heavy (non-hydrogen) atoms. The summed E-state index contributed by atoms with van der Waals surface area (Å²) < 4.78 is 5.45. The molecule has 2 rings (SSSR count). The molecule has 1 N–H and O–H groups in total. The molecule has 1 fully saturated rings. The minimum absolute atomic E-state index is 0.223. The van der Waals surface area contributed by atoms with Crippen molar-refractivity contribution in [3.63, 3.8) is 0 Å². The Morgan fingerprint density at radius 3 is 2.83 bits per heavy atom. The van der Waals surface area contributed by atoms with Gasteiger partial charge in [0.05, 0.1) is 12.6 Å². The number of aliphatic hydroxyl groups excluding tert-OH is 1. The second kappa shape index (κ2) is 6.38. The lowest BCUT2D eigenvalue weighted by Gasteiger charge is -2.32. The highest BCUT2D eigenvalue weighted by Crippen LogP contribution is 2.19. The zero-order valence-electron chi connectivity index (χ0n) is 9.96. The molecule has 0 aromatic heterocycles. The molecule has 0 unspecified atom stereocenters. The van der Waals surface area contributed by atoms with E-state index >= 15 is 0 Å². The third kappa shape index (κ3) is 3.58. The maximum absolute atomic E-state index is 11.8. The largest absolute Gasteiger partial charge is 0.445 e. The van der Waals surface area contributed by atoms with Crippen molar-refractivity contribution < 1.29 is 14.6 Å². The molecule has 0 bridgehead atoms. The first-order chi connectivity index (χ1) is 8.66. The minimum atomic E-state index is -0.455. The van der Waals surface area contributed by atoms with Gasteiger partial charge in [0.25, 0.3) is 0 Å². The van der Waals surface area contributed by atoms with E-state index in [0.29, 0.717) is 13.1 Å². The fourth-order valence-corrected chi connectivity index (χ4v) is 2.39. The topological polar surface area (TPSA) is 49.8 Å². The maximum atomic E-state index is 11.8. The number of likely N-dealkylation sites (tertiary alicyclic amines) is 1. The fourth-order valence-electron chi connectivity index (χ4n) is 1.88. The molecule has 5 heteroatoms. The second-order valence-corrected chi connectivity index (χ2v) is 5.96. The van der Waals surface area contributed by atoms with Crippen molar-refractivity contribution in [3.8, 4) is 0 Å². The first-order valence-corrected chi connectivity index (χ1v) is 7.19. The molecule has 0 aliphatic carbocycles. The highest BCUT2D eigenvalue weighted by molar-refractivity contribution is 14.1. The fraction of sp³-hybridized carbons (Fsp3) is 0.462. The number of nitrogens with zero attached hydrogens (tertiary/aromatic N) is 1. The molecule has 2 atom stereocenters. The summed E-state index contributed by atoms with van der Waals surface area (Å²) in [6.45, 7) is 1.29. The van der Waals surface area contributed by atoms with Gasteiger partial charge in [-0.3, -0.25) is 0 Å². The van der Waals surface area contributed by atoms with Crippen molar-refractivity contribution in [1.82, 2.24) is 4.90 Å². The van der Waals surface area contributed by atoms with Crippen LogP contribution < -0.4 is 0 Å². The number of carbonyl (C=O) groups excluding carboxylic acids is 1. The Labute approximate surface area is 120 Å². The molecule has 1 heterocycles. The molecular weight excluding hydrogens is 345 g/mol. The Kier molecular flexibility index (Phi) is 4.82. The second-order valence-electron chi connectivity index (χ2n) is 4.36. The van der Waals surface area contributed by atoms with Crippen LogP contribution in [0.1, 0.15) is 12.0 Å². The smallest absolute Gasteiger partial charge is 0.410 e. The van der Waals surface area contributed by atoms with E-state index < -0.39 is 6.10 Å². The van der Waals surface area contributed by atoms with E-state index in [9.17, 15) is 9.90 Å². The predicted molar refractivity (Wildman–Crippen MR) is 76.6 cm³/mol. The van der Waals surface area contributed by atoms with E-state index in [-0.39, 0.29) is 16.6 Å². The number of hydrogen-bond acceptors (Lipinski definition) is 3. The lowest BCUT2D eigenvalue weighted by Crippen LogP contribution is -2.47. The van der Waals surface area contributed by atoms with Crippen molar-refractivity contribution in [3.05, 3.63) is 35.9 Å². The van der Waals surface area contributed by atoms with Gasteiger partial charge in [-0.05, 0) is 12.0 Å². The molecule has 4 nitrogen and oxygen atoms in total. The molecule has 0 radical (unpaired) electrons. The van der Waals surface area contributed by atoms with Crippen LogP contribution in [0.15, 0.2) is 30.3 Å². The number of hydrogen-bond donors (Lipinski definition) is 1. The molecule has 98 valence electrons.